The maximum Gasteiger partial charge on any atom is 0.243 e. The summed E-state index contributed by atoms with van der Waals surface area (Å²) in [4.78, 5) is 17.5. The smallest absolute Gasteiger partial charge is 0.243 e. The molecule has 0 amide bonds. The molecular weight excluding hydrogens is 426 g/mol. The molecule has 1 aliphatic rings. The highest BCUT2D eigenvalue weighted by atomic mass is 32.2. The number of nitrogens with zero attached hydrogens (tertiary/aromatic N) is 5. The summed E-state index contributed by atoms with van der Waals surface area (Å²) < 4.78 is 28.1. The summed E-state index contributed by atoms with van der Waals surface area (Å²) >= 11 is 0. The molecule has 10 heteroatoms. The number of benzene rings is 1. The molecular formula is C22H27N7O2S. The van der Waals surface area contributed by atoms with Gasteiger partial charge in [-0.2, -0.15) is 4.31 Å². The molecule has 2 aromatic heterocycles. The summed E-state index contributed by atoms with van der Waals surface area (Å²) in [5.41, 5.74) is 2.86. The minimum Gasteiger partial charge on any atom is -0.373 e. The molecule has 168 valence electrons. The van der Waals surface area contributed by atoms with Crippen LogP contribution in [0.1, 0.15) is 35.6 Å². The zero-order chi connectivity index (χ0) is 22.7. The summed E-state index contributed by atoms with van der Waals surface area (Å²) in [5, 5.41) is 6.05. The number of aryl methyl sites for hydroxylation is 2. The van der Waals surface area contributed by atoms with Crippen molar-refractivity contribution >= 4 is 27.6 Å². The fourth-order valence-electron chi connectivity index (χ4n) is 3.76. The quantitative estimate of drug-likeness (QED) is 0.585. The summed E-state index contributed by atoms with van der Waals surface area (Å²) in [7, 11) is -1.78. The van der Waals surface area contributed by atoms with Gasteiger partial charge in [-0.15, -0.1) is 0 Å². The molecule has 3 aromatic rings. The molecule has 0 spiro atoms. The van der Waals surface area contributed by atoms with E-state index in [1.165, 1.54) is 6.33 Å². The zero-order valence-electron chi connectivity index (χ0n) is 18.4. The molecule has 1 saturated heterocycles. The maximum atomic E-state index is 13.3. The van der Waals surface area contributed by atoms with Crippen LogP contribution in [0.4, 0.5) is 17.6 Å². The number of nitrogens with one attached hydrogen (secondary N) is 2. The van der Waals surface area contributed by atoms with Gasteiger partial charge in [-0.05, 0) is 56.0 Å². The van der Waals surface area contributed by atoms with Gasteiger partial charge in [-0.25, -0.2) is 28.4 Å². The van der Waals surface area contributed by atoms with E-state index >= 15 is 0 Å². The minimum atomic E-state index is -3.56. The van der Waals surface area contributed by atoms with Crippen LogP contribution in [0.25, 0.3) is 0 Å². The monoisotopic (exact) mass is 453 g/mol. The molecule has 3 heterocycles. The van der Waals surface area contributed by atoms with Gasteiger partial charge in [-0.3, -0.25) is 0 Å². The lowest BCUT2D eigenvalue weighted by Crippen LogP contribution is -2.39. The highest BCUT2D eigenvalue weighted by molar-refractivity contribution is 7.89. The van der Waals surface area contributed by atoms with Crippen LogP contribution < -0.4 is 10.6 Å². The third-order valence-electron chi connectivity index (χ3n) is 5.76. The Balaban J connectivity index is 1.53. The van der Waals surface area contributed by atoms with E-state index in [0.717, 1.165) is 29.7 Å². The van der Waals surface area contributed by atoms with Crippen LogP contribution in [0, 0.1) is 13.8 Å². The van der Waals surface area contributed by atoms with Crippen molar-refractivity contribution in [2.45, 2.75) is 37.5 Å². The number of hydrogen-bond acceptors (Lipinski definition) is 8. The molecule has 1 aromatic carbocycles. The zero-order valence-corrected chi connectivity index (χ0v) is 19.2. The molecule has 1 atom stereocenters. The van der Waals surface area contributed by atoms with E-state index in [1.807, 2.05) is 26.0 Å². The fraction of sp³-hybridized carbons (Fsp3) is 0.364. The topological polar surface area (TPSA) is 113 Å². The van der Waals surface area contributed by atoms with Crippen LogP contribution in [0.3, 0.4) is 0 Å². The summed E-state index contributed by atoms with van der Waals surface area (Å²) in [6.45, 7) is 4.81. The second-order valence-corrected chi connectivity index (χ2v) is 9.85. The Labute approximate surface area is 188 Å². The molecule has 4 rings (SSSR count). The fourth-order valence-corrected chi connectivity index (χ4v) is 5.37. The first-order valence-corrected chi connectivity index (χ1v) is 12.0. The van der Waals surface area contributed by atoms with E-state index in [1.54, 1.807) is 35.7 Å². The Morgan fingerprint density at radius 1 is 1.03 bits per heavy atom. The van der Waals surface area contributed by atoms with Gasteiger partial charge in [0.15, 0.2) is 0 Å². The average molecular weight is 454 g/mol. The lowest BCUT2D eigenvalue weighted by Gasteiger charge is -2.31. The number of piperidine rings is 1. The molecule has 0 saturated carbocycles. The van der Waals surface area contributed by atoms with Crippen molar-refractivity contribution in [1.29, 1.82) is 0 Å². The summed E-state index contributed by atoms with van der Waals surface area (Å²) in [6, 6.07) is 8.91. The Kier molecular flexibility index (Phi) is 6.33. The molecule has 1 fully saturated rings. The van der Waals surface area contributed by atoms with Crippen molar-refractivity contribution in [2.75, 3.05) is 30.8 Å². The first kappa shape index (κ1) is 22.1. The molecule has 0 unspecified atom stereocenters. The van der Waals surface area contributed by atoms with Crippen molar-refractivity contribution in [2.24, 2.45) is 0 Å². The van der Waals surface area contributed by atoms with E-state index in [4.69, 9.17) is 0 Å². The van der Waals surface area contributed by atoms with E-state index in [0.29, 0.717) is 35.6 Å². The Morgan fingerprint density at radius 2 is 1.84 bits per heavy atom. The second kappa shape index (κ2) is 9.17. The van der Waals surface area contributed by atoms with Gasteiger partial charge in [0.2, 0.25) is 16.0 Å². The lowest BCUT2D eigenvalue weighted by molar-refractivity contribution is 0.312. The van der Waals surface area contributed by atoms with E-state index < -0.39 is 10.0 Å². The predicted octanol–water partition coefficient (Wildman–Crippen LogP) is 3.24. The van der Waals surface area contributed by atoms with Crippen molar-refractivity contribution in [3.8, 4) is 0 Å². The number of hydrogen-bond donors (Lipinski definition) is 2. The van der Waals surface area contributed by atoms with Crippen molar-refractivity contribution < 1.29 is 8.42 Å². The van der Waals surface area contributed by atoms with E-state index in [-0.39, 0.29) is 5.92 Å². The van der Waals surface area contributed by atoms with E-state index in [2.05, 4.69) is 30.6 Å². The molecule has 0 aliphatic carbocycles. The van der Waals surface area contributed by atoms with Crippen LogP contribution in [0.5, 0.6) is 0 Å². The second-order valence-electron chi connectivity index (χ2n) is 7.92. The van der Waals surface area contributed by atoms with Crippen LogP contribution in [0.2, 0.25) is 0 Å². The third-order valence-corrected chi connectivity index (χ3v) is 7.62. The van der Waals surface area contributed by atoms with Crippen molar-refractivity contribution in [3.05, 3.63) is 59.7 Å². The molecule has 0 radical (unpaired) electrons. The normalized spacial score (nSPS) is 17.2. The number of aromatic nitrogens is 4. The van der Waals surface area contributed by atoms with Crippen LogP contribution in [-0.4, -0.2) is 52.8 Å². The Bertz CT molecular complexity index is 1220. The van der Waals surface area contributed by atoms with E-state index in [9.17, 15) is 8.42 Å². The molecule has 2 N–H and O–H groups in total. The standard InChI is InChI=1S/C22H27N7O2S/c1-15-6-7-18(11-16(15)2)32(30,31)29-10-4-5-17(13-29)19-8-9-24-22(27-19)28-21-12-20(23-3)25-14-26-21/h6-9,11-12,14,17H,4-5,10,13H2,1-3H3,(H2,23,24,25,26,27,28)/t17-/m1/s1. The van der Waals surface area contributed by atoms with Crippen molar-refractivity contribution in [3.63, 3.8) is 0 Å². The number of rotatable bonds is 6. The SMILES string of the molecule is CNc1cc(Nc2nccc([C@@H]3CCCN(S(=O)(=O)c4ccc(C)c(C)c4)C3)n2)ncn1. The first-order chi connectivity index (χ1) is 15.4. The highest BCUT2D eigenvalue weighted by Crippen LogP contribution is 2.30. The maximum absolute atomic E-state index is 13.3. The van der Waals surface area contributed by atoms with Crippen LogP contribution >= 0.6 is 0 Å². The Morgan fingerprint density at radius 3 is 2.62 bits per heavy atom. The average Bonchev–Trinajstić information content (AvgIpc) is 2.81. The van der Waals surface area contributed by atoms with Gasteiger partial charge in [0.05, 0.1) is 10.6 Å². The van der Waals surface area contributed by atoms with Gasteiger partial charge < -0.3 is 10.6 Å². The van der Waals surface area contributed by atoms with Gasteiger partial charge >= 0.3 is 0 Å². The lowest BCUT2D eigenvalue weighted by atomic mass is 9.96. The predicted molar refractivity (Wildman–Crippen MR) is 124 cm³/mol. The molecule has 1 aliphatic heterocycles. The van der Waals surface area contributed by atoms with Gasteiger partial charge in [-0.1, -0.05) is 6.07 Å². The molecule has 9 nitrogen and oxygen atoms in total. The van der Waals surface area contributed by atoms with Crippen LogP contribution in [-0.2, 0) is 10.0 Å². The number of sulfonamides is 1. The van der Waals surface area contributed by atoms with Crippen molar-refractivity contribution in [1.82, 2.24) is 24.2 Å². The summed E-state index contributed by atoms with van der Waals surface area (Å²) in [6.07, 6.45) is 4.78. The Hall–Kier alpha value is -3.11. The number of anilines is 3. The first-order valence-electron chi connectivity index (χ1n) is 10.5. The minimum absolute atomic E-state index is 0.00751. The molecule has 32 heavy (non-hydrogen) atoms. The summed E-state index contributed by atoms with van der Waals surface area (Å²) in [5.74, 6) is 1.66. The molecule has 0 bridgehead atoms. The largest absolute Gasteiger partial charge is 0.373 e. The third kappa shape index (κ3) is 4.71. The highest BCUT2D eigenvalue weighted by Gasteiger charge is 2.31. The van der Waals surface area contributed by atoms with Crippen LogP contribution in [0.15, 0.2) is 47.8 Å². The van der Waals surface area contributed by atoms with Gasteiger partial charge in [0.25, 0.3) is 0 Å². The van der Waals surface area contributed by atoms with Gasteiger partial charge in [0, 0.05) is 38.3 Å². The van der Waals surface area contributed by atoms with Gasteiger partial charge in [0.1, 0.15) is 18.0 Å².